The Balaban J connectivity index is 1.94. The quantitative estimate of drug-likeness (QED) is 0.800. The molecule has 0 saturated heterocycles. The molecule has 19 heavy (non-hydrogen) atoms. The van der Waals surface area contributed by atoms with Crippen LogP contribution in [-0.4, -0.2) is 25.1 Å². The monoisotopic (exact) mass is 302 g/mol. The minimum atomic E-state index is -3.49. The summed E-state index contributed by atoms with van der Waals surface area (Å²) in [5.41, 5.74) is 5.45. The van der Waals surface area contributed by atoms with Crippen molar-refractivity contribution in [3.63, 3.8) is 0 Å². The summed E-state index contributed by atoms with van der Waals surface area (Å²) in [6.07, 6.45) is 0.379. The average molecular weight is 302 g/mol. The predicted octanol–water partition coefficient (Wildman–Crippen LogP) is 0.419. The Morgan fingerprint density at radius 2 is 2.32 bits per heavy atom. The van der Waals surface area contributed by atoms with Crippen molar-refractivity contribution in [2.75, 3.05) is 6.54 Å². The second-order valence-electron chi connectivity index (χ2n) is 3.83. The van der Waals surface area contributed by atoms with Crippen molar-refractivity contribution in [1.82, 2.24) is 14.9 Å². The Hall–Kier alpha value is -1.29. The number of sulfonamides is 1. The van der Waals surface area contributed by atoms with Crippen LogP contribution in [-0.2, 0) is 23.0 Å². The van der Waals surface area contributed by atoms with Crippen LogP contribution in [0.2, 0.25) is 0 Å². The van der Waals surface area contributed by atoms with Gasteiger partial charge in [-0.05, 0) is 6.07 Å². The van der Waals surface area contributed by atoms with Crippen LogP contribution in [0.3, 0.4) is 0 Å². The third-order valence-electron chi connectivity index (χ3n) is 2.35. The van der Waals surface area contributed by atoms with Crippen molar-refractivity contribution < 1.29 is 12.9 Å². The zero-order valence-electron chi connectivity index (χ0n) is 10.3. The molecule has 0 bridgehead atoms. The Morgan fingerprint density at radius 1 is 1.53 bits per heavy atom. The summed E-state index contributed by atoms with van der Waals surface area (Å²) in [7, 11) is -3.49. The number of aryl methyl sites for hydroxylation is 1. The van der Waals surface area contributed by atoms with E-state index in [4.69, 9.17) is 10.3 Å². The number of nitrogens with one attached hydrogen (secondary N) is 1. The van der Waals surface area contributed by atoms with Gasteiger partial charge in [-0.3, -0.25) is 0 Å². The van der Waals surface area contributed by atoms with Crippen molar-refractivity contribution in [2.45, 2.75) is 24.8 Å². The lowest BCUT2D eigenvalue weighted by Crippen LogP contribution is -2.25. The highest BCUT2D eigenvalue weighted by Crippen LogP contribution is 2.18. The second-order valence-corrected chi connectivity index (χ2v) is 6.59. The fourth-order valence-corrected chi connectivity index (χ4v) is 3.62. The molecule has 7 nitrogen and oxygen atoms in total. The number of rotatable bonds is 6. The zero-order valence-corrected chi connectivity index (χ0v) is 11.9. The minimum Gasteiger partial charge on any atom is -0.340 e. The van der Waals surface area contributed by atoms with E-state index in [0.29, 0.717) is 24.7 Å². The number of hydrogen-bond donors (Lipinski definition) is 2. The van der Waals surface area contributed by atoms with Crippen molar-refractivity contribution >= 4 is 21.4 Å². The molecule has 2 aromatic rings. The number of nitrogens with two attached hydrogens (primary N) is 1. The van der Waals surface area contributed by atoms with Crippen LogP contribution in [0.5, 0.6) is 0 Å². The fraction of sp³-hybridized carbons (Fsp3) is 0.400. The molecule has 104 valence electrons. The van der Waals surface area contributed by atoms with E-state index in [2.05, 4.69) is 14.9 Å². The van der Waals surface area contributed by atoms with E-state index in [1.54, 1.807) is 18.4 Å². The van der Waals surface area contributed by atoms with Gasteiger partial charge in [-0.2, -0.15) is 4.98 Å². The lowest BCUT2D eigenvalue weighted by atomic mass is 10.4. The summed E-state index contributed by atoms with van der Waals surface area (Å²) in [5, 5.41) is 5.26. The number of thiophene rings is 1. The van der Waals surface area contributed by atoms with Gasteiger partial charge in [0, 0.05) is 36.7 Å². The van der Waals surface area contributed by atoms with Gasteiger partial charge < -0.3 is 10.3 Å². The SMILES string of the molecule is Cc1nc(CCNS(=O)(=O)c2csc(CN)c2)no1. The molecular formula is C10H14N4O3S2. The van der Waals surface area contributed by atoms with E-state index in [-0.39, 0.29) is 11.4 Å². The first kappa shape index (κ1) is 14.1. The predicted molar refractivity (Wildman–Crippen MR) is 70.1 cm³/mol. The number of hydrogen-bond acceptors (Lipinski definition) is 7. The summed E-state index contributed by atoms with van der Waals surface area (Å²) in [6, 6.07) is 1.57. The van der Waals surface area contributed by atoms with Crippen molar-refractivity contribution in [1.29, 1.82) is 0 Å². The molecule has 3 N–H and O–H groups in total. The van der Waals surface area contributed by atoms with Crippen LogP contribution in [0.15, 0.2) is 20.9 Å². The van der Waals surface area contributed by atoms with Crippen LogP contribution >= 0.6 is 11.3 Å². The molecule has 9 heteroatoms. The summed E-state index contributed by atoms with van der Waals surface area (Å²) in [4.78, 5) is 5.06. The summed E-state index contributed by atoms with van der Waals surface area (Å²) in [6.45, 7) is 2.23. The van der Waals surface area contributed by atoms with E-state index in [9.17, 15) is 8.42 Å². The summed E-state index contributed by atoms with van der Waals surface area (Å²) in [5.74, 6) is 0.941. The van der Waals surface area contributed by atoms with Crippen LogP contribution in [0.4, 0.5) is 0 Å². The van der Waals surface area contributed by atoms with Crippen LogP contribution in [0.25, 0.3) is 0 Å². The molecule has 0 radical (unpaired) electrons. The van der Waals surface area contributed by atoms with Crippen LogP contribution in [0, 0.1) is 6.92 Å². The maximum absolute atomic E-state index is 11.9. The van der Waals surface area contributed by atoms with Crippen molar-refractivity contribution in [3.05, 3.63) is 28.0 Å². The molecule has 0 amide bonds. The van der Waals surface area contributed by atoms with E-state index >= 15 is 0 Å². The van der Waals surface area contributed by atoms with Gasteiger partial charge in [-0.15, -0.1) is 11.3 Å². The number of nitrogens with zero attached hydrogens (tertiary/aromatic N) is 2. The molecular weight excluding hydrogens is 288 g/mol. The van der Waals surface area contributed by atoms with Crippen LogP contribution < -0.4 is 10.5 Å². The molecule has 0 spiro atoms. The molecule has 0 fully saturated rings. The van der Waals surface area contributed by atoms with Gasteiger partial charge in [-0.25, -0.2) is 13.1 Å². The summed E-state index contributed by atoms with van der Waals surface area (Å²) >= 11 is 1.33. The van der Waals surface area contributed by atoms with Crippen LogP contribution in [0.1, 0.15) is 16.6 Å². The molecule has 0 aliphatic rings. The van der Waals surface area contributed by atoms with E-state index in [1.807, 2.05) is 0 Å². The molecule has 2 heterocycles. The smallest absolute Gasteiger partial charge is 0.241 e. The molecule has 0 aliphatic heterocycles. The Labute approximate surface area is 114 Å². The van der Waals surface area contributed by atoms with Crippen molar-refractivity contribution in [2.24, 2.45) is 5.73 Å². The van der Waals surface area contributed by atoms with E-state index < -0.39 is 10.0 Å². The van der Waals surface area contributed by atoms with Gasteiger partial charge in [0.2, 0.25) is 15.9 Å². The van der Waals surface area contributed by atoms with Gasteiger partial charge in [0.25, 0.3) is 0 Å². The average Bonchev–Trinajstić information content (AvgIpc) is 2.98. The Kier molecular flexibility index (Phi) is 4.30. The van der Waals surface area contributed by atoms with E-state index in [1.165, 1.54) is 11.3 Å². The normalized spacial score (nSPS) is 11.9. The standard InChI is InChI=1S/C10H14N4O3S2/c1-7-13-10(14-17-7)2-3-12-19(15,16)9-4-8(5-11)18-6-9/h4,6,12H,2-3,5,11H2,1H3. The molecule has 0 atom stereocenters. The van der Waals surface area contributed by atoms with Gasteiger partial charge in [0.15, 0.2) is 5.82 Å². The lowest BCUT2D eigenvalue weighted by Gasteiger charge is -2.02. The molecule has 2 aromatic heterocycles. The highest BCUT2D eigenvalue weighted by molar-refractivity contribution is 7.89. The Bertz CT molecular complexity index is 647. The first-order chi connectivity index (χ1) is 9.01. The highest BCUT2D eigenvalue weighted by atomic mass is 32.2. The third-order valence-corrected chi connectivity index (χ3v) is 4.90. The first-order valence-corrected chi connectivity index (χ1v) is 7.94. The molecule has 0 unspecified atom stereocenters. The second kappa shape index (κ2) is 5.78. The number of aromatic nitrogens is 2. The summed E-state index contributed by atoms with van der Waals surface area (Å²) < 4.78 is 31.2. The van der Waals surface area contributed by atoms with Gasteiger partial charge in [0.1, 0.15) is 0 Å². The Morgan fingerprint density at radius 3 is 2.89 bits per heavy atom. The molecule has 0 aliphatic carbocycles. The van der Waals surface area contributed by atoms with Gasteiger partial charge in [-0.1, -0.05) is 5.16 Å². The maximum Gasteiger partial charge on any atom is 0.241 e. The zero-order chi connectivity index (χ0) is 13.9. The minimum absolute atomic E-state index is 0.217. The van der Waals surface area contributed by atoms with E-state index in [0.717, 1.165) is 4.88 Å². The maximum atomic E-state index is 11.9. The topological polar surface area (TPSA) is 111 Å². The molecule has 0 aromatic carbocycles. The fourth-order valence-electron chi connectivity index (χ4n) is 1.43. The largest absolute Gasteiger partial charge is 0.340 e. The third kappa shape index (κ3) is 3.60. The highest BCUT2D eigenvalue weighted by Gasteiger charge is 2.15. The lowest BCUT2D eigenvalue weighted by molar-refractivity contribution is 0.387. The first-order valence-electron chi connectivity index (χ1n) is 5.57. The van der Waals surface area contributed by atoms with Gasteiger partial charge >= 0.3 is 0 Å². The molecule has 0 saturated carbocycles. The molecule has 2 rings (SSSR count). The van der Waals surface area contributed by atoms with Gasteiger partial charge in [0.05, 0.1) is 4.90 Å². The van der Waals surface area contributed by atoms with Crippen molar-refractivity contribution in [3.8, 4) is 0 Å².